The molecule has 134 valence electrons. The van der Waals surface area contributed by atoms with Crippen molar-refractivity contribution in [3.63, 3.8) is 0 Å². The highest BCUT2D eigenvalue weighted by Crippen LogP contribution is 2.25. The third-order valence-electron chi connectivity index (χ3n) is 3.96. The first kappa shape index (κ1) is 17.8. The topological polar surface area (TPSA) is 83.0 Å². The first-order valence-electron chi connectivity index (χ1n) is 8.64. The van der Waals surface area contributed by atoms with Crippen molar-refractivity contribution in [2.75, 3.05) is 23.8 Å². The minimum Gasteiger partial charge on any atom is -0.396 e. The van der Waals surface area contributed by atoms with Crippen molar-refractivity contribution in [2.24, 2.45) is 0 Å². The molecule has 3 rings (SSSR count). The number of aryl methyl sites for hydroxylation is 2. The summed E-state index contributed by atoms with van der Waals surface area (Å²) in [5.41, 5.74) is 5.05. The van der Waals surface area contributed by atoms with Gasteiger partial charge < -0.3 is 15.7 Å². The number of aliphatic hydroxyl groups excluding tert-OH is 1. The molecule has 26 heavy (non-hydrogen) atoms. The highest BCUT2D eigenvalue weighted by molar-refractivity contribution is 5.68. The largest absolute Gasteiger partial charge is 0.396 e. The van der Waals surface area contributed by atoms with Crippen molar-refractivity contribution >= 4 is 17.5 Å². The fraction of sp³-hybridized carbons (Fsp3) is 0.250. The number of benzene rings is 1. The Morgan fingerprint density at radius 2 is 1.96 bits per heavy atom. The monoisotopic (exact) mass is 349 g/mol. The van der Waals surface area contributed by atoms with Crippen LogP contribution >= 0.6 is 0 Å². The second-order valence-corrected chi connectivity index (χ2v) is 6.15. The molecule has 6 nitrogen and oxygen atoms in total. The molecule has 0 fully saturated rings. The van der Waals surface area contributed by atoms with Gasteiger partial charge in [-0.15, -0.1) is 0 Å². The van der Waals surface area contributed by atoms with Crippen LogP contribution in [0.3, 0.4) is 0 Å². The van der Waals surface area contributed by atoms with E-state index in [9.17, 15) is 0 Å². The van der Waals surface area contributed by atoms with Crippen molar-refractivity contribution in [3.8, 4) is 11.3 Å². The lowest BCUT2D eigenvalue weighted by Crippen LogP contribution is -2.09. The smallest absolute Gasteiger partial charge is 0.225 e. The summed E-state index contributed by atoms with van der Waals surface area (Å²) in [5, 5.41) is 15.5. The lowest BCUT2D eigenvalue weighted by atomic mass is 10.1. The molecule has 0 bridgehead atoms. The number of nitrogens with zero attached hydrogens (tertiary/aromatic N) is 3. The van der Waals surface area contributed by atoms with Gasteiger partial charge in [-0.3, -0.25) is 4.98 Å². The molecule has 0 saturated carbocycles. The van der Waals surface area contributed by atoms with Crippen LogP contribution in [0.4, 0.5) is 17.5 Å². The molecule has 6 heteroatoms. The van der Waals surface area contributed by atoms with Crippen LogP contribution in [0.2, 0.25) is 0 Å². The number of hydrogen-bond acceptors (Lipinski definition) is 6. The molecule has 0 aliphatic carbocycles. The predicted molar refractivity (Wildman–Crippen MR) is 105 cm³/mol. The van der Waals surface area contributed by atoms with Gasteiger partial charge in [0, 0.05) is 42.9 Å². The van der Waals surface area contributed by atoms with Gasteiger partial charge in [0.1, 0.15) is 5.82 Å². The second-order valence-electron chi connectivity index (χ2n) is 6.15. The summed E-state index contributed by atoms with van der Waals surface area (Å²) in [6.45, 7) is 4.86. The van der Waals surface area contributed by atoms with Crippen LogP contribution in [0.1, 0.15) is 17.5 Å². The molecular formula is C20H23N5O. The standard InChI is InChI=1S/C20H23N5O/c1-14-6-7-15(2)17(11-14)23-19-12-18(16-5-3-8-21-13-16)24-20(25-19)22-9-4-10-26/h3,5-8,11-13,26H,4,9-10H2,1-2H3,(H2,22,23,24,25). The summed E-state index contributed by atoms with van der Waals surface area (Å²) in [7, 11) is 0. The molecule has 0 aliphatic heterocycles. The summed E-state index contributed by atoms with van der Waals surface area (Å²) in [6, 6.07) is 12.0. The van der Waals surface area contributed by atoms with Gasteiger partial charge in [-0.05, 0) is 49.6 Å². The van der Waals surface area contributed by atoms with E-state index in [1.807, 2.05) is 18.2 Å². The Kier molecular flexibility index (Phi) is 5.76. The van der Waals surface area contributed by atoms with Crippen molar-refractivity contribution < 1.29 is 5.11 Å². The molecule has 0 radical (unpaired) electrons. The summed E-state index contributed by atoms with van der Waals surface area (Å²) in [4.78, 5) is 13.3. The van der Waals surface area contributed by atoms with Crippen LogP contribution in [0.15, 0.2) is 48.8 Å². The van der Waals surface area contributed by atoms with Gasteiger partial charge in [-0.1, -0.05) is 12.1 Å². The maximum Gasteiger partial charge on any atom is 0.225 e. The Bertz CT molecular complexity index is 867. The van der Waals surface area contributed by atoms with E-state index in [4.69, 9.17) is 5.11 Å². The number of rotatable bonds is 7. The van der Waals surface area contributed by atoms with Crippen LogP contribution in [0, 0.1) is 13.8 Å². The SMILES string of the molecule is Cc1ccc(C)c(Nc2cc(-c3cccnc3)nc(NCCCO)n2)c1. The number of nitrogens with one attached hydrogen (secondary N) is 2. The zero-order valence-electron chi connectivity index (χ0n) is 15.0. The van der Waals surface area contributed by atoms with E-state index in [1.54, 1.807) is 12.4 Å². The lowest BCUT2D eigenvalue weighted by molar-refractivity contribution is 0.292. The van der Waals surface area contributed by atoms with Crippen molar-refractivity contribution in [1.29, 1.82) is 0 Å². The molecule has 3 aromatic rings. The van der Waals surface area contributed by atoms with E-state index in [-0.39, 0.29) is 6.61 Å². The summed E-state index contributed by atoms with van der Waals surface area (Å²) in [6.07, 6.45) is 4.15. The minimum absolute atomic E-state index is 0.128. The molecule has 2 heterocycles. The first-order valence-corrected chi connectivity index (χ1v) is 8.64. The van der Waals surface area contributed by atoms with Gasteiger partial charge in [0.05, 0.1) is 5.69 Å². The highest BCUT2D eigenvalue weighted by Gasteiger charge is 2.08. The average Bonchev–Trinajstić information content (AvgIpc) is 2.65. The van der Waals surface area contributed by atoms with Gasteiger partial charge in [0.25, 0.3) is 0 Å². The Morgan fingerprint density at radius 3 is 2.73 bits per heavy atom. The molecule has 2 aromatic heterocycles. The zero-order valence-corrected chi connectivity index (χ0v) is 15.0. The third-order valence-corrected chi connectivity index (χ3v) is 3.96. The second kappa shape index (κ2) is 8.40. The Hall–Kier alpha value is -2.99. The number of aliphatic hydroxyl groups is 1. The van der Waals surface area contributed by atoms with E-state index >= 15 is 0 Å². The maximum absolute atomic E-state index is 8.98. The van der Waals surface area contributed by atoms with Crippen LogP contribution < -0.4 is 10.6 Å². The minimum atomic E-state index is 0.128. The van der Waals surface area contributed by atoms with E-state index in [1.165, 1.54) is 5.56 Å². The van der Waals surface area contributed by atoms with E-state index in [2.05, 4.69) is 57.6 Å². The lowest BCUT2D eigenvalue weighted by Gasteiger charge is -2.13. The quantitative estimate of drug-likeness (QED) is 0.564. The normalized spacial score (nSPS) is 10.6. The summed E-state index contributed by atoms with van der Waals surface area (Å²) >= 11 is 0. The molecule has 0 spiro atoms. The van der Waals surface area contributed by atoms with Crippen molar-refractivity contribution in [2.45, 2.75) is 20.3 Å². The average molecular weight is 349 g/mol. The predicted octanol–water partition coefficient (Wildman–Crippen LogP) is 3.69. The highest BCUT2D eigenvalue weighted by atomic mass is 16.3. The van der Waals surface area contributed by atoms with Crippen LogP contribution in [0.25, 0.3) is 11.3 Å². The van der Waals surface area contributed by atoms with Gasteiger partial charge in [0.2, 0.25) is 5.95 Å². The fourth-order valence-electron chi connectivity index (χ4n) is 2.54. The molecule has 1 aromatic carbocycles. The molecule has 0 saturated heterocycles. The third kappa shape index (κ3) is 4.55. The zero-order chi connectivity index (χ0) is 18.4. The van der Waals surface area contributed by atoms with Gasteiger partial charge in [-0.2, -0.15) is 4.98 Å². The molecule has 0 aliphatic rings. The molecule has 0 unspecified atom stereocenters. The number of hydrogen-bond donors (Lipinski definition) is 3. The Labute approximate surface area is 153 Å². The number of aromatic nitrogens is 3. The molecule has 0 atom stereocenters. The summed E-state index contributed by atoms with van der Waals surface area (Å²) in [5.74, 6) is 1.23. The number of anilines is 3. The van der Waals surface area contributed by atoms with E-state index in [0.29, 0.717) is 24.7 Å². The van der Waals surface area contributed by atoms with E-state index < -0.39 is 0 Å². The van der Waals surface area contributed by atoms with Gasteiger partial charge in [0.15, 0.2) is 0 Å². The molecule has 3 N–H and O–H groups in total. The van der Waals surface area contributed by atoms with Crippen molar-refractivity contribution in [1.82, 2.24) is 15.0 Å². The van der Waals surface area contributed by atoms with E-state index in [0.717, 1.165) is 22.5 Å². The van der Waals surface area contributed by atoms with Gasteiger partial charge >= 0.3 is 0 Å². The number of pyridine rings is 1. The Balaban J connectivity index is 1.95. The molecular weight excluding hydrogens is 326 g/mol. The first-order chi connectivity index (χ1) is 12.7. The maximum atomic E-state index is 8.98. The van der Waals surface area contributed by atoms with Crippen LogP contribution in [0.5, 0.6) is 0 Å². The molecule has 0 amide bonds. The van der Waals surface area contributed by atoms with Gasteiger partial charge in [-0.25, -0.2) is 4.98 Å². The van der Waals surface area contributed by atoms with Crippen molar-refractivity contribution in [3.05, 3.63) is 59.9 Å². The van der Waals surface area contributed by atoms with Crippen LogP contribution in [-0.2, 0) is 0 Å². The Morgan fingerprint density at radius 1 is 1.08 bits per heavy atom. The van der Waals surface area contributed by atoms with Crippen LogP contribution in [-0.4, -0.2) is 33.2 Å². The summed E-state index contributed by atoms with van der Waals surface area (Å²) < 4.78 is 0. The fourth-order valence-corrected chi connectivity index (χ4v) is 2.54.